The van der Waals surface area contributed by atoms with E-state index in [1.54, 1.807) is 16.7 Å². The lowest BCUT2D eigenvalue weighted by Crippen LogP contribution is -2.42. The minimum Gasteiger partial charge on any atom is -0.481 e. The topological polar surface area (TPSA) is 79.3 Å². The Balaban J connectivity index is 2.05. The van der Waals surface area contributed by atoms with E-state index in [9.17, 15) is 14.7 Å². The number of nitrogens with zero attached hydrogens (tertiary/aromatic N) is 1. The Morgan fingerprint density at radius 2 is 2.05 bits per heavy atom. The van der Waals surface area contributed by atoms with Crippen LogP contribution in [-0.4, -0.2) is 28.5 Å². The van der Waals surface area contributed by atoms with Crippen molar-refractivity contribution in [2.75, 3.05) is 6.54 Å². The molecule has 0 aliphatic carbocycles. The number of carbonyl (C=O) groups excluding carboxylic acids is 1. The highest BCUT2D eigenvalue weighted by molar-refractivity contribution is 7.20. The molecule has 22 heavy (non-hydrogen) atoms. The molecule has 2 heterocycles. The minimum absolute atomic E-state index is 0.111. The van der Waals surface area contributed by atoms with Gasteiger partial charge in [-0.1, -0.05) is 19.9 Å². The second-order valence-electron chi connectivity index (χ2n) is 4.99. The molecule has 0 fully saturated rings. The first-order valence-corrected chi connectivity index (χ1v) is 8.79. The number of carboxylic acids is 1. The predicted molar refractivity (Wildman–Crippen MR) is 88.4 cm³/mol. The van der Waals surface area contributed by atoms with Crippen LogP contribution in [-0.2, 0) is 4.79 Å². The van der Waals surface area contributed by atoms with Crippen LogP contribution in [0, 0.1) is 5.41 Å². The molecule has 7 heteroatoms. The maximum Gasteiger partial charge on any atom is 0.311 e. The molecule has 2 aromatic rings. The van der Waals surface area contributed by atoms with Gasteiger partial charge in [-0.15, -0.1) is 22.7 Å². The average molecular weight is 338 g/mol. The Kier molecular flexibility index (Phi) is 5.31. The fourth-order valence-electron chi connectivity index (χ4n) is 2.11. The molecular formula is C15H18N2O3S2. The van der Waals surface area contributed by atoms with Gasteiger partial charge in [0, 0.05) is 11.9 Å². The maximum atomic E-state index is 12.2. The number of amides is 1. The van der Waals surface area contributed by atoms with Gasteiger partial charge in [-0.05, 0) is 24.3 Å². The van der Waals surface area contributed by atoms with Crippen molar-refractivity contribution in [2.45, 2.75) is 26.7 Å². The number of thiophene rings is 1. The summed E-state index contributed by atoms with van der Waals surface area (Å²) >= 11 is 2.98. The third-order valence-corrected chi connectivity index (χ3v) is 5.74. The summed E-state index contributed by atoms with van der Waals surface area (Å²) < 4.78 is 0. The molecule has 0 saturated carbocycles. The van der Waals surface area contributed by atoms with E-state index in [2.05, 4.69) is 10.3 Å². The number of carboxylic acid groups (broad SMARTS) is 1. The Labute approximate surface area is 137 Å². The largest absolute Gasteiger partial charge is 0.481 e. The summed E-state index contributed by atoms with van der Waals surface area (Å²) in [6, 6.07) is 3.89. The predicted octanol–water partition coefficient (Wildman–Crippen LogP) is 3.49. The molecule has 2 N–H and O–H groups in total. The summed E-state index contributed by atoms with van der Waals surface area (Å²) in [6.45, 7) is 3.75. The molecular weight excluding hydrogens is 320 g/mol. The van der Waals surface area contributed by atoms with Crippen LogP contribution < -0.4 is 5.32 Å². The number of hydrogen-bond donors (Lipinski definition) is 2. The average Bonchev–Trinajstić information content (AvgIpc) is 3.19. The van der Waals surface area contributed by atoms with Crippen LogP contribution >= 0.6 is 22.7 Å². The van der Waals surface area contributed by atoms with E-state index >= 15 is 0 Å². The standard InChI is InChI=1S/C15H18N2O3S2/c1-3-15(4-2,14(19)20)9-16-12(18)10-8-22-13(17-10)11-6-5-7-21-11/h5-8H,3-4,9H2,1-2H3,(H,16,18)(H,19,20). The summed E-state index contributed by atoms with van der Waals surface area (Å²) in [6.07, 6.45) is 0.938. The highest BCUT2D eigenvalue weighted by atomic mass is 32.1. The first-order chi connectivity index (χ1) is 10.5. The Morgan fingerprint density at radius 1 is 1.32 bits per heavy atom. The molecule has 1 amide bonds. The van der Waals surface area contributed by atoms with Crippen molar-refractivity contribution in [3.05, 3.63) is 28.6 Å². The fraction of sp³-hybridized carbons (Fsp3) is 0.400. The summed E-state index contributed by atoms with van der Waals surface area (Å²) in [5, 5.41) is 16.5. The van der Waals surface area contributed by atoms with Crippen LogP contribution in [0.2, 0.25) is 0 Å². The Bertz CT molecular complexity index is 646. The molecule has 0 unspecified atom stereocenters. The van der Waals surface area contributed by atoms with Gasteiger partial charge < -0.3 is 10.4 Å². The van der Waals surface area contributed by atoms with Gasteiger partial charge in [0.1, 0.15) is 10.7 Å². The highest BCUT2D eigenvalue weighted by Gasteiger charge is 2.35. The van der Waals surface area contributed by atoms with Crippen molar-refractivity contribution in [1.29, 1.82) is 0 Å². The van der Waals surface area contributed by atoms with Crippen LogP contribution in [0.5, 0.6) is 0 Å². The van der Waals surface area contributed by atoms with Gasteiger partial charge in [0.2, 0.25) is 0 Å². The second-order valence-corrected chi connectivity index (χ2v) is 6.80. The van der Waals surface area contributed by atoms with Gasteiger partial charge in [0.15, 0.2) is 0 Å². The molecule has 2 aromatic heterocycles. The van der Waals surface area contributed by atoms with Crippen LogP contribution in [0.25, 0.3) is 9.88 Å². The van der Waals surface area contributed by atoms with Gasteiger partial charge in [-0.2, -0.15) is 0 Å². The number of nitrogens with one attached hydrogen (secondary N) is 1. The van der Waals surface area contributed by atoms with E-state index in [0.717, 1.165) is 9.88 Å². The fourth-order valence-corrected chi connectivity index (χ4v) is 3.72. The highest BCUT2D eigenvalue weighted by Crippen LogP contribution is 2.28. The van der Waals surface area contributed by atoms with Gasteiger partial charge in [-0.3, -0.25) is 9.59 Å². The van der Waals surface area contributed by atoms with Gasteiger partial charge in [0.25, 0.3) is 5.91 Å². The van der Waals surface area contributed by atoms with Gasteiger partial charge in [-0.25, -0.2) is 4.98 Å². The smallest absolute Gasteiger partial charge is 0.311 e. The minimum atomic E-state index is -0.914. The molecule has 0 atom stereocenters. The number of aliphatic carboxylic acids is 1. The van der Waals surface area contributed by atoms with Crippen LogP contribution in [0.3, 0.4) is 0 Å². The van der Waals surface area contributed by atoms with E-state index in [1.807, 2.05) is 31.4 Å². The Morgan fingerprint density at radius 3 is 2.59 bits per heavy atom. The van der Waals surface area contributed by atoms with E-state index in [1.165, 1.54) is 11.3 Å². The summed E-state index contributed by atoms with van der Waals surface area (Å²) in [5.41, 5.74) is -0.581. The Hall–Kier alpha value is -1.73. The molecule has 5 nitrogen and oxygen atoms in total. The van der Waals surface area contributed by atoms with Gasteiger partial charge >= 0.3 is 5.97 Å². The zero-order chi connectivity index (χ0) is 16.2. The van der Waals surface area contributed by atoms with Crippen molar-refractivity contribution in [3.63, 3.8) is 0 Å². The van der Waals surface area contributed by atoms with Crippen molar-refractivity contribution < 1.29 is 14.7 Å². The zero-order valence-electron chi connectivity index (χ0n) is 12.5. The van der Waals surface area contributed by atoms with Crippen LogP contribution in [0.15, 0.2) is 22.9 Å². The van der Waals surface area contributed by atoms with Crippen molar-refractivity contribution in [3.8, 4) is 9.88 Å². The van der Waals surface area contributed by atoms with E-state index in [-0.39, 0.29) is 12.5 Å². The number of hydrogen-bond acceptors (Lipinski definition) is 5. The lowest BCUT2D eigenvalue weighted by Gasteiger charge is -2.26. The zero-order valence-corrected chi connectivity index (χ0v) is 14.1. The van der Waals surface area contributed by atoms with Crippen LogP contribution in [0.4, 0.5) is 0 Å². The first-order valence-electron chi connectivity index (χ1n) is 7.03. The molecule has 0 bridgehead atoms. The third-order valence-electron chi connectivity index (χ3n) is 3.86. The molecule has 2 rings (SSSR count). The number of rotatable bonds is 7. The molecule has 0 aromatic carbocycles. The number of carbonyl (C=O) groups is 2. The van der Waals surface area contributed by atoms with E-state index in [0.29, 0.717) is 18.5 Å². The summed E-state index contributed by atoms with van der Waals surface area (Å²) in [4.78, 5) is 28.9. The van der Waals surface area contributed by atoms with Crippen molar-refractivity contribution >= 4 is 34.6 Å². The molecule has 0 spiro atoms. The van der Waals surface area contributed by atoms with Gasteiger partial charge in [0.05, 0.1) is 10.3 Å². The SMILES string of the molecule is CCC(CC)(CNC(=O)c1csc(-c2cccs2)n1)C(=O)O. The first kappa shape index (κ1) is 16.6. The van der Waals surface area contributed by atoms with Crippen molar-refractivity contribution in [2.24, 2.45) is 5.41 Å². The van der Waals surface area contributed by atoms with Crippen molar-refractivity contribution in [1.82, 2.24) is 10.3 Å². The number of aromatic nitrogens is 1. The summed E-state index contributed by atoms with van der Waals surface area (Å²) in [5.74, 6) is -1.21. The number of thiazole rings is 1. The van der Waals surface area contributed by atoms with Crippen LogP contribution in [0.1, 0.15) is 37.2 Å². The molecule has 0 aliphatic rings. The van der Waals surface area contributed by atoms with E-state index in [4.69, 9.17) is 0 Å². The maximum absolute atomic E-state index is 12.2. The lowest BCUT2D eigenvalue weighted by atomic mass is 9.82. The molecule has 0 saturated heterocycles. The second kappa shape index (κ2) is 7.02. The molecule has 118 valence electrons. The molecule has 0 radical (unpaired) electrons. The molecule has 0 aliphatic heterocycles. The quantitative estimate of drug-likeness (QED) is 0.810. The normalized spacial score (nSPS) is 11.4. The third kappa shape index (κ3) is 3.36. The monoisotopic (exact) mass is 338 g/mol. The summed E-state index contributed by atoms with van der Waals surface area (Å²) in [7, 11) is 0. The lowest BCUT2D eigenvalue weighted by molar-refractivity contribution is -0.149. The van der Waals surface area contributed by atoms with E-state index < -0.39 is 11.4 Å².